The van der Waals surface area contributed by atoms with E-state index in [0.29, 0.717) is 16.5 Å². The maximum atomic E-state index is 12.1. The standard InChI is InChI=1S/C15H19ClN4O2S2/c1-3-4-7-17-14-19-20-15(24-14)23-9-13(21)18-11-8-10(16)5-6-12(11)22-2/h5-6,8H,3-4,7,9H2,1-2H3,(H,17,19)(H,18,21). The van der Waals surface area contributed by atoms with Gasteiger partial charge in [-0.25, -0.2) is 0 Å². The fourth-order valence-electron chi connectivity index (χ4n) is 1.80. The van der Waals surface area contributed by atoms with Gasteiger partial charge in [-0.3, -0.25) is 4.79 Å². The van der Waals surface area contributed by atoms with Gasteiger partial charge >= 0.3 is 0 Å². The first kappa shape index (κ1) is 18.8. The third-order valence-electron chi connectivity index (χ3n) is 2.98. The summed E-state index contributed by atoms with van der Waals surface area (Å²) in [6, 6.07) is 5.08. The van der Waals surface area contributed by atoms with Crippen molar-refractivity contribution >= 4 is 51.4 Å². The summed E-state index contributed by atoms with van der Waals surface area (Å²) in [5.41, 5.74) is 0.551. The van der Waals surface area contributed by atoms with Crippen LogP contribution in [0.15, 0.2) is 22.5 Å². The molecule has 0 saturated carbocycles. The number of aromatic nitrogens is 2. The second kappa shape index (κ2) is 9.71. The first-order chi connectivity index (χ1) is 11.6. The van der Waals surface area contributed by atoms with Crippen LogP contribution in [0.25, 0.3) is 0 Å². The topological polar surface area (TPSA) is 76.1 Å². The van der Waals surface area contributed by atoms with E-state index in [0.717, 1.165) is 28.9 Å². The van der Waals surface area contributed by atoms with Gasteiger partial charge in [-0.2, -0.15) is 0 Å². The monoisotopic (exact) mass is 386 g/mol. The van der Waals surface area contributed by atoms with Crippen molar-refractivity contribution in [3.05, 3.63) is 23.2 Å². The largest absolute Gasteiger partial charge is 0.495 e. The molecule has 0 aliphatic rings. The number of anilines is 2. The average Bonchev–Trinajstić information content (AvgIpc) is 3.01. The minimum Gasteiger partial charge on any atom is -0.495 e. The summed E-state index contributed by atoms with van der Waals surface area (Å²) >= 11 is 8.74. The number of rotatable bonds is 9. The minimum atomic E-state index is -0.156. The number of ether oxygens (including phenoxy) is 1. The lowest BCUT2D eigenvalue weighted by atomic mass is 10.3. The van der Waals surface area contributed by atoms with E-state index in [9.17, 15) is 4.79 Å². The number of amides is 1. The number of benzene rings is 1. The van der Waals surface area contributed by atoms with Crippen LogP contribution in [0.4, 0.5) is 10.8 Å². The van der Waals surface area contributed by atoms with E-state index in [2.05, 4.69) is 27.8 Å². The SMILES string of the molecule is CCCCNc1nnc(SCC(=O)Nc2cc(Cl)ccc2OC)s1. The molecule has 0 bridgehead atoms. The predicted molar refractivity (Wildman–Crippen MR) is 101 cm³/mol. The van der Waals surface area contributed by atoms with Crippen LogP contribution in [0.1, 0.15) is 19.8 Å². The van der Waals surface area contributed by atoms with Crippen LogP contribution < -0.4 is 15.4 Å². The van der Waals surface area contributed by atoms with Gasteiger partial charge in [0.15, 0.2) is 4.34 Å². The summed E-state index contributed by atoms with van der Waals surface area (Å²) in [6.07, 6.45) is 2.21. The van der Waals surface area contributed by atoms with Gasteiger partial charge in [-0.15, -0.1) is 10.2 Å². The van der Waals surface area contributed by atoms with Gasteiger partial charge in [0.25, 0.3) is 0 Å². The molecule has 0 spiro atoms. The molecule has 1 aromatic carbocycles. The lowest BCUT2D eigenvalue weighted by molar-refractivity contribution is -0.113. The quantitative estimate of drug-likeness (QED) is 0.498. The van der Waals surface area contributed by atoms with E-state index in [1.807, 2.05) is 0 Å². The molecule has 6 nitrogen and oxygen atoms in total. The molecule has 9 heteroatoms. The van der Waals surface area contributed by atoms with E-state index in [1.165, 1.54) is 23.1 Å². The predicted octanol–water partition coefficient (Wildman–Crippen LogP) is 4.14. The molecule has 0 aliphatic carbocycles. The summed E-state index contributed by atoms with van der Waals surface area (Å²) in [6.45, 7) is 3.02. The van der Waals surface area contributed by atoms with Crippen LogP contribution in [0, 0.1) is 0 Å². The van der Waals surface area contributed by atoms with Crippen molar-refractivity contribution in [1.29, 1.82) is 0 Å². The Hall–Kier alpha value is -1.51. The number of carbonyl (C=O) groups is 1. The maximum Gasteiger partial charge on any atom is 0.234 e. The highest BCUT2D eigenvalue weighted by Gasteiger charge is 2.11. The van der Waals surface area contributed by atoms with Crippen molar-refractivity contribution in [2.45, 2.75) is 24.1 Å². The number of carbonyl (C=O) groups excluding carboxylic acids is 1. The fourth-order valence-corrected chi connectivity index (χ4v) is 3.55. The molecule has 2 N–H and O–H groups in total. The highest BCUT2D eigenvalue weighted by atomic mass is 35.5. The van der Waals surface area contributed by atoms with Gasteiger partial charge in [0.2, 0.25) is 11.0 Å². The second-order valence-corrected chi connectivity index (χ2v) is 7.47. The number of nitrogens with zero attached hydrogens (tertiary/aromatic N) is 2. The molecule has 1 amide bonds. The third-order valence-corrected chi connectivity index (χ3v) is 5.22. The van der Waals surface area contributed by atoms with Crippen molar-refractivity contribution in [3.8, 4) is 5.75 Å². The zero-order chi connectivity index (χ0) is 17.4. The normalized spacial score (nSPS) is 10.5. The molecule has 2 aromatic rings. The zero-order valence-electron chi connectivity index (χ0n) is 13.5. The lowest BCUT2D eigenvalue weighted by Gasteiger charge is -2.09. The van der Waals surface area contributed by atoms with Crippen molar-refractivity contribution in [3.63, 3.8) is 0 Å². The smallest absolute Gasteiger partial charge is 0.234 e. The molecule has 1 heterocycles. The number of unbranched alkanes of at least 4 members (excludes halogenated alkanes) is 1. The Morgan fingerprint density at radius 2 is 2.25 bits per heavy atom. The second-order valence-electron chi connectivity index (χ2n) is 4.83. The van der Waals surface area contributed by atoms with Gasteiger partial charge < -0.3 is 15.4 Å². The molecule has 0 aliphatic heterocycles. The van der Waals surface area contributed by atoms with Crippen LogP contribution in [0.5, 0.6) is 5.75 Å². The van der Waals surface area contributed by atoms with Crippen LogP contribution in [0.2, 0.25) is 5.02 Å². The Kier molecular flexibility index (Phi) is 7.61. The number of methoxy groups -OCH3 is 1. The highest BCUT2D eigenvalue weighted by molar-refractivity contribution is 8.01. The number of hydrogen-bond acceptors (Lipinski definition) is 7. The summed E-state index contributed by atoms with van der Waals surface area (Å²) in [5, 5.41) is 15.4. The molecular formula is C15H19ClN4O2S2. The van der Waals surface area contributed by atoms with E-state index in [4.69, 9.17) is 16.3 Å². The molecule has 0 radical (unpaired) electrons. The number of thioether (sulfide) groups is 1. The van der Waals surface area contributed by atoms with Crippen LogP contribution in [-0.2, 0) is 4.79 Å². The Balaban J connectivity index is 1.84. The van der Waals surface area contributed by atoms with Gasteiger partial charge in [0.1, 0.15) is 5.75 Å². The number of nitrogens with one attached hydrogen (secondary N) is 2. The van der Waals surface area contributed by atoms with Crippen LogP contribution in [-0.4, -0.2) is 35.5 Å². The van der Waals surface area contributed by atoms with E-state index >= 15 is 0 Å². The summed E-state index contributed by atoms with van der Waals surface area (Å²) < 4.78 is 5.96. The molecule has 0 saturated heterocycles. The molecule has 0 fully saturated rings. The molecular weight excluding hydrogens is 368 g/mol. The van der Waals surface area contributed by atoms with Gasteiger partial charge in [0, 0.05) is 11.6 Å². The number of hydrogen-bond donors (Lipinski definition) is 2. The van der Waals surface area contributed by atoms with Crippen molar-refractivity contribution in [2.75, 3.05) is 30.0 Å². The molecule has 1 aromatic heterocycles. The zero-order valence-corrected chi connectivity index (χ0v) is 15.9. The minimum absolute atomic E-state index is 0.156. The Morgan fingerprint density at radius 3 is 3.00 bits per heavy atom. The highest BCUT2D eigenvalue weighted by Crippen LogP contribution is 2.29. The van der Waals surface area contributed by atoms with Gasteiger partial charge in [-0.1, -0.05) is 48.0 Å². The lowest BCUT2D eigenvalue weighted by Crippen LogP contribution is -2.14. The summed E-state index contributed by atoms with van der Waals surface area (Å²) in [4.78, 5) is 12.1. The Morgan fingerprint density at radius 1 is 1.42 bits per heavy atom. The molecule has 0 unspecified atom stereocenters. The number of halogens is 1. The third kappa shape index (κ3) is 5.85. The first-order valence-corrected chi connectivity index (χ1v) is 9.64. The molecule has 130 valence electrons. The Bertz CT molecular complexity index is 681. The molecule has 0 atom stereocenters. The summed E-state index contributed by atoms with van der Waals surface area (Å²) in [5.74, 6) is 0.645. The van der Waals surface area contributed by atoms with E-state index in [1.54, 1.807) is 25.3 Å². The van der Waals surface area contributed by atoms with Gasteiger partial charge in [0.05, 0.1) is 18.6 Å². The first-order valence-electron chi connectivity index (χ1n) is 7.46. The van der Waals surface area contributed by atoms with Crippen molar-refractivity contribution in [1.82, 2.24) is 10.2 Å². The molecule has 24 heavy (non-hydrogen) atoms. The van der Waals surface area contributed by atoms with E-state index in [-0.39, 0.29) is 11.7 Å². The van der Waals surface area contributed by atoms with Gasteiger partial charge in [-0.05, 0) is 24.6 Å². The average molecular weight is 387 g/mol. The van der Waals surface area contributed by atoms with E-state index < -0.39 is 0 Å². The summed E-state index contributed by atoms with van der Waals surface area (Å²) in [7, 11) is 1.54. The van der Waals surface area contributed by atoms with Crippen LogP contribution >= 0.6 is 34.7 Å². The van der Waals surface area contributed by atoms with Crippen LogP contribution in [0.3, 0.4) is 0 Å². The van der Waals surface area contributed by atoms with Crippen molar-refractivity contribution in [2.24, 2.45) is 0 Å². The Labute approximate surface area is 154 Å². The maximum absolute atomic E-state index is 12.1. The fraction of sp³-hybridized carbons (Fsp3) is 0.400. The molecule has 2 rings (SSSR count). The van der Waals surface area contributed by atoms with Crippen molar-refractivity contribution < 1.29 is 9.53 Å².